The average Bonchev–Trinajstić information content (AvgIpc) is 3.26. The molecule has 0 spiro atoms. The molecule has 5 nitrogen and oxygen atoms in total. The van der Waals surface area contributed by atoms with Gasteiger partial charge < -0.3 is 10.1 Å². The van der Waals surface area contributed by atoms with E-state index in [4.69, 9.17) is 4.74 Å². The molecule has 2 fully saturated rings. The minimum absolute atomic E-state index is 0.0573. The van der Waals surface area contributed by atoms with Crippen LogP contribution in [0.3, 0.4) is 0 Å². The van der Waals surface area contributed by atoms with E-state index in [0.717, 1.165) is 38.0 Å². The van der Waals surface area contributed by atoms with Crippen molar-refractivity contribution in [1.82, 2.24) is 9.88 Å². The third kappa shape index (κ3) is 3.36. The van der Waals surface area contributed by atoms with Crippen molar-refractivity contribution in [2.24, 2.45) is 0 Å². The van der Waals surface area contributed by atoms with E-state index in [9.17, 15) is 4.79 Å². The number of rotatable bonds is 4. The third-order valence-electron chi connectivity index (χ3n) is 4.82. The van der Waals surface area contributed by atoms with E-state index in [1.165, 1.54) is 4.88 Å². The summed E-state index contributed by atoms with van der Waals surface area (Å²) in [5.74, 6) is -0.0573. The van der Waals surface area contributed by atoms with E-state index >= 15 is 0 Å². The van der Waals surface area contributed by atoms with Gasteiger partial charge in [0.1, 0.15) is 6.10 Å². The molecule has 2 aliphatic heterocycles. The van der Waals surface area contributed by atoms with E-state index in [0.29, 0.717) is 6.04 Å². The molecule has 0 saturated carbocycles. The van der Waals surface area contributed by atoms with E-state index in [-0.39, 0.29) is 18.1 Å². The van der Waals surface area contributed by atoms with Gasteiger partial charge in [0.15, 0.2) is 0 Å². The number of amides is 1. The zero-order valence-electron chi connectivity index (χ0n) is 13.4. The van der Waals surface area contributed by atoms with Crippen molar-refractivity contribution in [2.75, 3.05) is 11.9 Å². The van der Waals surface area contributed by atoms with Gasteiger partial charge in [-0.25, -0.2) is 0 Å². The molecule has 126 valence electrons. The van der Waals surface area contributed by atoms with Gasteiger partial charge in [-0.3, -0.25) is 14.7 Å². The lowest BCUT2D eigenvalue weighted by Gasteiger charge is -2.35. The summed E-state index contributed by atoms with van der Waals surface area (Å²) in [6, 6.07) is 8.38. The molecule has 4 heterocycles. The lowest BCUT2D eigenvalue weighted by molar-refractivity contribution is -0.138. The average molecular weight is 343 g/mol. The second kappa shape index (κ2) is 7.01. The Bertz CT molecular complexity index is 677. The monoisotopic (exact) mass is 343 g/mol. The van der Waals surface area contributed by atoms with Crippen molar-refractivity contribution in [3.8, 4) is 0 Å². The minimum atomic E-state index is -0.354. The van der Waals surface area contributed by atoms with Gasteiger partial charge in [-0.2, -0.15) is 0 Å². The number of pyridine rings is 1. The Kier molecular flexibility index (Phi) is 4.60. The standard InChI is InChI=1S/C18H21N3O2S/c22-18(20-13-3-1-8-19-11-13)17-6-5-15-16(23-17)7-9-21(15)12-14-4-2-10-24-14/h1-4,8,10-11,15-17H,5-7,9,12H2,(H,20,22)/t15-,16-,17-/m1/s1. The van der Waals surface area contributed by atoms with Crippen LogP contribution in [0.5, 0.6) is 0 Å². The van der Waals surface area contributed by atoms with Gasteiger partial charge in [-0.15, -0.1) is 11.3 Å². The van der Waals surface area contributed by atoms with E-state index < -0.39 is 0 Å². The van der Waals surface area contributed by atoms with Crippen LogP contribution in [0, 0.1) is 0 Å². The number of ether oxygens (including phenoxy) is 1. The van der Waals surface area contributed by atoms with Gasteiger partial charge in [-0.1, -0.05) is 6.07 Å². The van der Waals surface area contributed by atoms with Crippen molar-refractivity contribution in [1.29, 1.82) is 0 Å². The highest BCUT2D eigenvalue weighted by molar-refractivity contribution is 7.09. The smallest absolute Gasteiger partial charge is 0.253 e. The Balaban J connectivity index is 1.34. The van der Waals surface area contributed by atoms with Crippen LogP contribution >= 0.6 is 11.3 Å². The third-order valence-corrected chi connectivity index (χ3v) is 5.68. The number of nitrogens with zero attached hydrogens (tertiary/aromatic N) is 2. The van der Waals surface area contributed by atoms with Gasteiger partial charge in [-0.05, 0) is 42.8 Å². The maximum atomic E-state index is 12.4. The highest BCUT2D eigenvalue weighted by Crippen LogP contribution is 2.33. The summed E-state index contributed by atoms with van der Waals surface area (Å²) in [7, 11) is 0. The zero-order valence-corrected chi connectivity index (χ0v) is 14.2. The number of nitrogens with one attached hydrogen (secondary N) is 1. The molecule has 2 aromatic heterocycles. The molecule has 0 unspecified atom stereocenters. The molecule has 0 radical (unpaired) electrons. The van der Waals surface area contributed by atoms with Crippen molar-refractivity contribution < 1.29 is 9.53 Å². The van der Waals surface area contributed by atoms with Gasteiger partial charge in [0.2, 0.25) is 0 Å². The first-order valence-electron chi connectivity index (χ1n) is 8.42. The largest absolute Gasteiger partial charge is 0.363 e. The Morgan fingerprint density at radius 1 is 1.33 bits per heavy atom. The molecule has 1 amide bonds. The number of aromatic nitrogens is 1. The Labute approximate surface area is 145 Å². The van der Waals surface area contributed by atoms with Crippen LogP contribution in [0.15, 0.2) is 42.0 Å². The van der Waals surface area contributed by atoms with Gasteiger partial charge >= 0.3 is 0 Å². The highest BCUT2D eigenvalue weighted by atomic mass is 32.1. The SMILES string of the molecule is O=C(Nc1cccnc1)[C@H]1CC[C@@H]2[C@@H](CCN2Cc2cccs2)O1. The molecule has 1 N–H and O–H groups in total. The lowest BCUT2D eigenvalue weighted by Crippen LogP contribution is -2.46. The first kappa shape index (κ1) is 15.7. The summed E-state index contributed by atoms with van der Waals surface area (Å²) < 4.78 is 6.12. The molecule has 6 heteroatoms. The fourth-order valence-electron chi connectivity index (χ4n) is 3.67. The summed E-state index contributed by atoms with van der Waals surface area (Å²) in [5, 5.41) is 5.02. The highest BCUT2D eigenvalue weighted by Gasteiger charge is 2.41. The second-order valence-electron chi connectivity index (χ2n) is 6.38. The quantitative estimate of drug-likeness (QED) is 0.927. The summed E-state index contributed by atoms with van der Waals surface area (Å²) in [4.78, 5) is 20.3. The Hall–Kier alpha value is -1.76. The number of hydrogen-bond donors (Lipinski definition) is 1. The summed E-state index contributed by atoms with van der Waals surface area (Å²) in [6.45, 7) is 2.04. The summed E-state index contributed by atoms with van der Waals surface area (Å²) in [6.07, 6.45) is 5.96. The second-order valence-corrected chi connectivity index (χ2v) is 7.41. The number of carbonyl (C=O) groups excluding carboxylic acids is 1. The number of fused-ring (bicyclic) bond motifs is 1. The van der Waals surface area contributed by atoms with Crippen molar-refractivity contribution >= 4 is 22.9 Å². The van der Waals surface area contributed by atoms with Crippen LogP contribution < -0.4 is 5.32 Å². The predicted molar refractivity (Wildman–Crippen MR) is 93.9 cm³/mol. The molecule has 2 saturated heterocycles. The van der Waals surface area contributed by atoms with Gasteiger partial charge in [0.25, 0.3) is 5.91 Å². The summed E-state index contributed by atoms with van der Waals surface area (Å²) in [5.41, 5.74) is 0.721. The van der Waals surface area contributed by atoms with E-state index in [2.05, 4.69) is 32.7 Å². The van der Waals surface area contributed by atoms with Crippen molar-refractivity contribution in [2.45, 2.75) is 44.1 Å². The summed E-state index contributed by atoms with van der Waals surface area (Å²) >= 11 is 1.80. The molecule has 4 rings (SSSR count). The van der Waals surface area contributed by atoms with Crippen molar-refractivity contribution in [3.63, 3.8) is 0 Å². The lowest BCUT2D eigenvalue weighted by atomic mass is 9.98. The Morgan fingerprint density at radius 3 is 3.08 bits per heavy atom. The molecule has 2 aliphatic rings. The van der Waals surface area contributed by atoms with Crippen molar-refractivity contribution in [3.05, 3.63) is 46.9 Å². The first-order valence-corrected chi connectivity index (χ1v) is 9.30. The molecule has 24 heavy (non-hydrogen) atoms. The fourth-order valence-corrected chi connectivity index (χ4v) is 4.40. The fraction of sp³-hybridized carbons (Fsp3) is 0.444. The molecule has 0 aliphatic carbocycles. The first-order chi connectivity index (χ1) is 11.8. The van der Waals surface area contributed by atoms with Crippen LogP contribution in [-0.4, -0.2) is 40.6 Å². The molecule has 0 bridgehead atoms. The zero-order chi connectivity index (χ0) is 16.4. The van der Waals surface area contributed by atoms with Crippen LogP contribution in [0.2, 0.25) is 0 Å². The molecule has 2 aromatic rings. The maximum Gasteiger partial charge on any atom is 0.253 e. The maximum absolute atomic E-state index is 12.4. The number of thiophene rings is 1. The molecular formula is C18H21N3O2S. The van der Waals surface area contributed by atoms with Crippen LogP contribution in [0.4, 0.5) is 5.69 Å². The molecular weight excluding hydrogens is 322 g/mol. The molecule has 0 aromatic carbocycles. The van der Waals surface area contributed by atoms with E-state index in [1.807, 2.05) is 12.1 Å². The van der Waals surface area contributed by atoms with E-state index in [1.54, 1.807) is 23.7 Å². The predicted octanol–water partition coefficient (Wildman–Crippen LogP) is 2.90. The van der Waals surface area contributed by atoms with Crippen LogP contribution in [0.1, 0.15) is 24.1 Å². The number of carbonyl (C=O) groups is 1. The Morgan fingerprint density at radius 2 is 2.29 bits per heavy atom. The van der Waals surface area contributed by atoms with Gasteiger partial charge in [0, 0.05) is 30.2 Å². The van der Waals surface area contributed by atoms with Crippen LogP contribution in [0.25, 0.3) is 0 Å². The molecule has 3 atom stereocenters. The van der Waals surface area contributed by atoms with Gasteiger partial charge in [0.05, 0.1) is 18.0 Å². The van der Waals surface area contributed by atoms with Crippen LogP contribution in [-0.2, 0) is 16.1 Å². The number of likely N-dealkylation sites (tertiary alicyclic amines) is 1. The topological polar surface area (TPSA) is 54.5 Å². The number of anilines is 1. The number of hydrogen-bond acceptors (Lipinski definition) is 5. The minimum Gasteiger partial charge on any atom is -0.363 e. The normalized spacial score (nSPS) is 26.9.